The van der Waals surface area contributed by atoms with Crippen molar-refractivity contribution < 1.29 is 13.2 Å². The van der Waals surface area contributed by atoms with E-state index in [9.17, 15) is 13.2 Å². The SMILES string of the molecule is CC(=O)c1ccc(N2CCS(=O)(=O)CC2)c(Br)c1. The van der Waals surface area contributed by atoms with Crippen molar-refractivity contribution >= 4 is 37.2 Å². The first-order valence-corrected chi connectivity index (χ1v) is 8.26. The predicted molar refractivity (Wildman–Crippen MR) is 75.0 cm³/mol. The number of halogens is 1. The van der Waals surface area contributed by atoms with Crippen molar-refractivity contribution in [2.75, 3.05) is 29.5 Å². The van der Waals surface area contributed by atoms with E-state index >= 15 is 0 Å². The van der Waals surface area contributed by atoms with Gasteiger partial charge in [0.15, 0.2) is 15.6 Å². The van der Waals surface area contributed by atoms with Crippen LogP contribution in [0.1, 0.15) is 17.3 Å². The van der Waals surface area contributed by atoms with Crippen molar-refractivity contribution in [1.82, 2.24) is 0 Å². The van der Waals surface area contributed by atoms with E-state index in [4.69, 9.17) is 0 Å². The lowest BCUT2D eigenvalue weighted by molar-refractivity contribution is 0.101. The van der Waals surface area contributed by atoms with Crippen LogP contribution < -0.4 is 4.90 Å². The molecule has 4 nitrogen and oxygen atoms in total. The van der Waals surface area contributed by atoms with Gasteiger partial charge >= 0.3 is 0 Å². The van der Waals surface area contributed by atoms with Crippen LogP contribution in [0, 0.1) is 0 Å². The van der Waals surface area contributed by atoms with Crippen LogP contribution in [0.4, 0.5) is 5.69 Å². The third kappa shape index (κ3) is 2.92. The number of nitrogens with zero attached hydrogens (tertiary/aromatic N) is 1. The zero-order valence-corrected chi connectivity index (χ0v) is 12.4. The molecule has 1 aromatic carbocycles. The van der Waals surface area contributed by atoms with Crippen LogP contribution in [-0.4, -0.2) is 38.8 Å². The molecule has 0 spiro atoms. The number of benzene rings is 1. The second kappa shape index (κ2) is 5.01. The fourth-order valence-corrected chi connectivity index (χ4v) is 3.77. The van der Waals surface area contributed by atoms with E-state index in [0.29, 0.717) is 18.7 Å². The van der Waals surface area contributed by atoms with E-state index in [1.165, 1.54) is 6.92 Å². The molecule has 1 saturated heterocycles. The van der Waals surface area contributed by atoms with Gasteiger partial charge in [0.25, 0.3) is 0 Å². The third-order valence-corrected chi connectivity index (χ3v) is 5.28. The Morgan fingerprint density at radius 1 is 1.28 bits per heavy atom. The normalized spacial score (nSPS) is 18.7. The summed E-state index contributed by atoms with van der Waals surface area (Å²) in [5.41, 5.74) is 1.59. The summed E-state index contributed by atoms with van der Waals surface area (Å²) in [7, 11) is -2.87. The molecule has 0 radical (unpaired) electrons. The molecule has 98 valence electrons. The Kier molecular flexibility index (Phi) is 3.77. The van der Waals surface area contributed by atoms with E-state index in [1.54, 1.807) is 12.1 Å². The Morgan fingerprint density at radius 2 is 1.89 bits per heavy atom. The molecule has 1 heterocycles. The number of rotatable bonds is 2. The number of ketones is 1. The Balaban J connectivity index is 2.22. The molecule has 1 aliphatic rings. The summed E-state index contributed by atoms with van der Waals surface area (Å²) in [4.78, 5) is 13.3. The summed E-state index contributed by atoms with van der Waals surface area (Å²) < 4.78 is 23.6. The molecule has 0 saturated carbocycles. The first-order valence-electron chi connectivity index (χ1n) is 5.65. The highest BCUT2D eigenvalue weighted by molar-refractivity contribution is 9.10. The van der Waals surface area contributed by atoms with Crippen molar-refractivity contribution in [3.63, 3.8) is 0 Å². The Morgan fingerprint density at radius 3 is 2.39 bits per heavy atom. The summed E-state index contributed by atoms with van der Waals surface area (Å²) in [5.74, 6) is 0.394. The van der Waals surface area contributed by atoms with Crippen LogP contribution in [0.2, 0.25) is 0 Å². The Hall–Kier alpha value is -0.880. The Labute approximate surface area is 115 Å². The first-order chi connectivity index (χ1) is 8.39. The van der Waals surface area contributed by atoms with E-state index in [1.807, 2.05) is 11.0 Å². The predicted octanol–water partition coefficient (Wildman–Crippen LogP) is 1.89. The largest absolute Gasteiger partial charge is 0.369 e. The number of hydrogen-bond donors (Lipinski definition) is 0. The Bertz CT molecular complexity index is 569. The van der Waals surface area contributed by atoms with Crippen LogP contribution in [0.25, 0.3) is 0 Å². The lowest BCUT2D eigenvalue weighted by atomic mass is 10.1. The van der Waals surface area contributed by atoms with Crippen molar-refractivity contribution in [2.24, 2.45) is 0 Å². The maximum Gasteiger partial charge on any atom is 0.159 e. The molecule has 6 heteroatoms. The molecule has 0 amide bonds. The van der Waals surface area contributed by atoms with Crippen LogP contribution in [0.3, 0.4) is 0 Å². The number of carbonyl (C=O) groups is 1. The molecule has 0 aromatic heterocycles. The molecule has 2 rings (SSSR count). The molecular formula is C12H14BrNO3S. The fourth-order valence-electron chi connectivity index (χ4n) is 1.94. The maximum atomic E-state index is 11.4. The number of Topliss-reactive ketones (excluding diaryl/α,β-unsaturated/α-hetero) is 1. The number of anilines is 1. The van der Waals surface area contributed by atoms with Crippen LogP contribution >= 0.6 is 15.9 Å². The molecule has 0 aliphatic carbocycles. The molecule has 0 bridgehead atoms. The molecule has 1 aliphatic heterocycles. The van der Waals surface area contributed by atoms with Gasteiger partial charge in [0.05, 0.1) is 17.2 Å². The van der Waals surface area contributed by atoms with Gasteiger partial charge in [-0.1, -0.05) is 0 Å². The first kappa shape index (κ1) is 13.5. The highest BCUT2D eigenvalue weighted by atomic mass is 79.9. The second-order valence-corrected chi connectivity index (χ2v) is 7.52. The van der Waals surface area contributed by atoms with Gasteiger partial charge in [-0.3, -0.25) is 4.79 Å². The van der Waals surface area contributed by atoms with E-state index in [2.05, 4.69) is 15.9 Å². The van der Waals surface area contributed by atoms with Gasteiger partial charge in [-0.25, -0.2) is 8.42 Å². The zero-order valence-electron chi connectivity index (χ0n) is 10.0. The van der Waals surface area contributed by atoms with Gasteiger partial charge in [0, 0.05) is 23.1 Å². The van der Waals surface area contributed by atoms with Crippen molar-refractivity contribution in [1.29, 1.82) is 0 Å². The highest BCUT2D eigenvalue weighted by Gasteiger charge is 2.23. The quantitative estimate of drug-likeness (QED) is 0.776. The monoisotopic (exact) mass is 331 g/mol. The lowest BCUT2D eigenvalue weighted by Crippen LogP contribution is -2.40. The average molecular weight is 332 g/mol. The van der Waals surface area contributed by atoms with E-state index in [-0.39, 0.29) is 17.3 Å². The number of carbonyl (C=O) groups excluding carboxylic acids is 1. The lowest BCUT2D eigenvalue weighted by Gasteiger charge is -2.29. The molecule has 0 unspecified atom stereocenters. The van der Waals surface area contributed by atoms with Crippen LogP contribution in [0.15, 0.2) is 22.7 Å². The van der Waals surface area contributed by atoms with Crippen molar-refractivity contribution in [3.8, 4) is 0 Å². The minimum absolute atomic E-state index is 0.0171. The van der Waals surface area contributed by atoms with Gasteiger partial charge in [0.1, 0.15) is 0 Å². The smallest absolute Gasteiger partial charge is 0.159 e. The van der Waals surface area contributed by atoms with Crippen molar-refractivity contribution in [2.45, 2.75) is 6.92 Å². The maximum absolute atomic E-state index is 11.4. The van der Waals surface area contributed by atoms with E-state index < -0.39 is 9.84 Å². The molecule has 0 N–H and O–H groups in total. The van der Waals surface area contributed by atoms with Crippen molar-refractivity contribution in [3.05, 3.63) is 28.2 Å². The summed E-state index contributed by atoms with van der Waals surface area (Å²) in [6, 6.07) is 5.41. The molecule has 18 heavy (non-hydrogen) atoms. The molecule has 1 aromatic rings. The third-order valence-electron chi connectivity index (χ3n) is 3.04. The molecule has 0 atom stereocenters. The van der Waals surface area contributed by atoms with Gasteiger partial charge in [-0.15, -0.1) is 0 Å². The molecular weight excluding hydrogens is 318 g/mol. The minimum atomic E-state index is -2.87. The van der Waals surface area contributed by atoms with Gasteiger partial charge < -0.3 is 4.90 Å². The standard InChI is InChI=1S/C12H14BrNO3S/c1-9(15)10-2-3-12(11(13)8-10)14-4-6-18(16,17)7-5-14/h2-3,8H,4-7H2,1H3. The summed E-state index contributed by atoms with van der Waals surface area (Å²) >= 11 is 3.44. The summed E-state index contributed by atoms with van der Waals surface area (Å²) in [5, 5.41) is 0. The average Bonchev–Trinajstić information content (AvgIpc) is 2.29. The van der Waals surface area contributed by atoms with Gasteiger partial charge in [-0.2, -0.15) is 0 Å². The zero-order chi connectivity index (χ0) is 13.3. The highest BCUT2D eigenvalue weighted by Crippen LogP contribution is 2.28. The van der Waals surface area contributed by atoms with Crippen LogP contribution in [0.5, 0.6) is 0 Å². The topological polar surface area (TPSA) is 54.5 Å². The summed E-state index contributed by atoms with van der Waals surface area (Å²) in [6.45, 7) is 2.52. The fraction of sp³-hybridized carbons (Fsp3) is 0.417. The van der Waals surface area contributed by atoms with Gasteiger partial charge in [0.2, 0.25) is 0 Å². The number of hydrogen-bond acceptors (Lipinski definition) is 4. The van der Waals surface area contributed by atoms with Gasteiger partial charge in [-0.05, 0) is 41.1 Å². The second-order valence-electron chi connectivity index (χ2n) is 4.36. The minimum Gasteiger partial charge on any atom is -0.369 e. The number of sulfone groups is 1. The summed E-state index contributed by atoms with van der Waals surface area (Å²) in [6.07, 6.45) is 0. The van der Waals surface area contributed by atoms with E-state index in [0.717, 1.165) is 10.2 Å². The molecule has 1 fully saturated rings. The van der Waals surface area contributed by atoms with Crippen LogP contribution in [-0.2, 0) is 9.84 Å².